The van der Waals surface area contributed by atoms with Gasteiger partial charge in [0.15, 0.2) is 0 Å². The number of pyridine rings is 2. The molecule has 2 aliphatic rings. The molecule has 156 valence electrons. The lowest BCUT2D eigenvalue weighted by Gasteiger charge is -2.31. The van der Waals surface area contributed by atoms with E-state index < -0.39 is 0 Å². The smallest absolute Gasteiger partial charge is 0.227 e. The van der Waals surface area contributed by atoms with Crippen LogP contribution < -0.4 is 0 Å². The Labute approximate surface area is 187 Å². The first-order valence-corrected chi connectivity index (χ1v) is 11.2. The molecule has 1 aliphatic carbocycles. The predicted molar refractivity (Wildman–Crippen MR) is 123 cm³/mol. The number of hydrogen-bond donors (Lipinski definition) is 0. The topological polar surface area (TPSA) is 46.1 Å². The molecule has 1 aromatic carbocycles. The molecule has 1 fully saturated rings. The minimum atomic E-state index is 0.150. The van der Waals surface area contributed by atoms with E-state index in [9.17, 15) is 4.79 Å². The maximum Gasteiger partial charge on any atom is 0.227 e. The number of piperidine rings is 1. The van der Waals surface area contributed by atoms with Crippen LogP contribution in [0.4, 0.5) is 0 Å². The lowest BCUT2D eigenvalue weighted by atomic mass is 9.89. The number of aromatic nitrogens is 2. The van der Waals surface area contributed by atoms with Crippen molar-refractivity contribution in [1.29, 1.82) is 0 Å². The van der Waals surface area contributed by atoms with E-state index in [0.717, 1.165) is 48.5 Å². The molecule has 0 N–H and O–H groups in total. The van der Waals surface area contributed by atoms with E-state index in [0.29, 0.717) is 13.0 Å². The van der Waals surface area contributed by atoms with Gasteiger partial charge in [0.1, 0.15) is 0 Å². The highest BCUT2D eigenvalue weighted by atomic mass is 35.5. The lowest BCUT2D eigenvalue weighted by molar-refractivity contribution is -0.130. The molecule has 0 spiro atoms. The molecule has 0 saturated carbocycles. The Morgan fingerprint density at radius 3 is 2.77 bits per heavy atom. The second-order valence-electron chi connectivity index (χ2n) is 8.25. The van der Waals surface area contributed by atoms with Gasteiger partial charge in [-0.2, -0.15) is 0 Å². The Hall–Kier alpha value is -2.98. The maximum atomic E-state index is 13.0. The van der Waals surface area contributed by atoms with E-state index in [1.54, 1.807) is 12.4 Å². The first-order valence-electron chi connectivity index (χ1n) is 10.8. The maximum absolute atomic E-state index is 13.0. The normalized spacial score (nSPS) is 18.2. The molecule has 0 radical (unpaired) electrons. The van der Waals surface area contributed by atoms with Crippen molar-refractivity contribution in [2.45, 2.75) is 32.1 Å². The molecule has 5 rings (SSSR count). The summed E-state index contributed by atoms with van der Waals surface area (Å²) in [5.74, 6) is 0.150. The molecule has 31 heavy (non-hydrogen) atoms. The highest BCUT2D eigenvalue weighted by Gasteiger charge is 2.27. The molecule has 2 aromatic heterocycles. The van der Waals surface area contributed by atoms with E-state index in [1.807, 2.05) is 35.4 Å². The van der Waals surface area contributed by atoms with Crippen LogP contribution in [0.5, 0.6) is 0 Å². The Kier molecular flexibility index (Phi) is 5.56. The van der Waals surface area contributed by atoms with Gasteiger partial charge in [0, 0.05) is 42.3 Å². The van der Waals surface area contributed by atoms with Crippen LogP contribution in [0.3, 0.4) is 0 Å². The summed E-state index contributed by atoms with van der Waals surface area (Å²) in [6.45, 7) is 1.44. The molecule has 3 heterocycles. The summed E-state index contributed by atoms with van der Waals surface area (Å²) in [6, 6.07) is 14.2. The third kappa shape index (κ3) is 4.13. The van der Waals surface area contributed by atoms with Crippen molar-refractivity contribution in [3.8, 4) is 0 Å². The Morgan fingerprint density at radius 2 is 1.90 bits per heavy atom. The fraction of sp³-hybridized carbons (Fsp3) is 0.269. The number of carbonyl (C=O) groups excluding carboxylic acids is 1. The van der Waals surface area contributed by atoms with Crippen molar-refractivity contribution < 1.29 is 4.79 Å². The monoisotopic (exact) mass is 429 g/mol. The predicted octanol–water partition coefficient (Wildman–Crippen LogP) is 4.90. The molecule has 3 aromatic rings. The number of aryl methyl sites for hydroxylation is 2. The molecular weight excluding hydrogens is 406 g/mol. The number of halogens is 1. The van der Waals surface area contributed by atoms with Crippen LogP contribution in [0, 0.1) is 0 Å². The lowest BCUT2D eigenvalue weighted by Crippen LogP contribution is -2.38. The molecule has 1 amide bonds. The van der Waals surface area contributed by atoms with Crippen LogP contribution in [0.25, 0.3) is 5.57 Å². The Bertz CT molecular complexity index is 1160. The van der Waals surface area contributed by atoms with Crippen LogP contribution in [-0.4, -0.2) is 33.9 Å². The largest absolute Gasteiger partial charge is 0.338 e. The van der Waals surface area contributed by atoms with Crippen molar-refractivity contribution in [1.82, 2.24) is 14.9 Å². The van der Waals surface area contributed by atoms with E-state index in [4.69, 9.17) is 16.6 Å². The minimum Gasteiger partial charge on any atom is -0.338 e. The standard InChI is InChI=1S/C26H24ClN3O/c27-22-9-10-23-20(15-22)8-7-19-5-2-12-29-26(19)25(23)21-6-3-13-30(17-21)24(31)14-18-4-1-11-28-16-18/h1-2,4-5,9-12,15-16H,3,6-8,13-14,17H2/b25-21-. The van der Waals surface area contributed by atoms with Crippen LogP contribution in [-0.2, 0) is 24.1 Å². The first-order chi connectivity index (χ1) is 15.2. The van der Waals surface area contributed by atoms with Gasteiger partial charge in [-0.25, -0.2) is 0 Å². The molecule has 5 heteroatoms. The number of carbonyl (C=O) groups is 1. The number of likely N-dealkylation sites (tertiary alicyclic amines) is 1. The second-order valence-corrected chi connectivity index (χ2v) is 8.68. The van der Waals surface area contributed by atoms with Crippen LogP contribution >= 0.6 is 11.6 Å². The Morgan fingerprint density at radius 1 is 1.03 bits per heavy atom. The number of amides is 1. The summed E-state index contributed by atoms with van der Waals surface area (Å²) in [7, 11) is 0. The summed E-state index contributed by atoms with van der Waals surface area (Å²) >= 11 is 6.33. The van der Waals surface area contributed by atoms with Gasteiger partial charge >= 0.3 is 0 Å². The van der Waals surface area contributed by atoms with E-state index in [1.165, 1.54) is 27.8 Å². The van der Waals surface area contributed by atoms with Gasteiger partial charge in [-0.05, 0) is 77.8 Å². The van der Waals surface area contributed by atoms with Gasteiger partial charge in [-0.1, -0.05) is 29.8 Å². The van der Waals surface area contributed by atoms with Crippen molar-refractivity contribution in [3.05, 3.63) is 99.6 Å². The van der Waals surface area contributed by atoms with E-state index in [-0.39, 0.29) is 5.91 Å². The fourth-order valence-electron chi connectivity index (χ4n) is 4.71. The number of benzene rings is 1. The SMILES string of the molecule is O=C(Cc1cccnc1)N1CCC/C(=C2\c3ccc(Cl)cc3CCc3cccnc32)C1. The zero-order valence-corrected chi connectivity index (χ0v) is 18.1. The summed E-state index contributed by atoms with van der Waals surface area (Å²) in [4.78, 5) is 24.0. The molecule has 0 bridgehead atoms. The molecule has 0 unspecified atom stereocenters. The molecule has 0 atom stereocenters. The van der Waals surface area contributed by atoms with E-state index >= 15 is 0 Å². The average molecular weight is 430 g/mol. The van der Waals surface area contributed by atoms with Gasteiger partial charge < -0.3 is 4.90 Å². The quantitative estimate of drug-likeness (QED) is 0.582. The average Bonchev–Trinajstić information content (AvgIpc) is 2.96. The van der Waals surface area contributed by atoms with Crippen molar-refractivity contribution >= 4 is 23.1 Å². The van der Waals surface area contributed by atoms with Crippen LogP contribution in [0.1, 0.15) is 40.8 Å². The van der Waals surface area contributed by atoms with Crippen molar-refractivity contribution in [2.24, 2.45) is 0 Å². The van der Waals surface area contributed by atoms with Crippen molar-refractivity contribution in [3.63, 3.8) is 0 Å². The Balaban J connectivity index is 1.54. The molecule has 4 nitrogen and oxygen atoms in total. The second kappa shape index (κ2) is 8.64. The van der Waals surface area contributed by atoms with Gasteiger partial charge in [0.05, 0.1) is 12.1 Å². The summed E-state index contributed by atoms with van der Waals surface area (Å²) in [6.07, 6.45) is 9.58. The fourth-order valence-corrected chi connectivity index (χ4v) is 4.91. The highest BCUT2D eigenvalue weighted by molar-refractivity contribution is 6.30. The number of fused-ring (bicyclic) bond motifs is 2. The van der Waals surface area contributed by atoms with Gasteiger partial charge in [0.2, 0.25) is 5.91 Å². The number of rotatable bonds is 2. The summed E-state index contributed by atoms with van der Waals surface area (Å²) < 4.78 is 0. The zero-order valence-electron chi connectivity index (χ0n) is 17.4. The third-order valence-electron chi connectivity index (χ3n) is 6.20. The highest BCUT2D eigenvalue weighted by Crippen LogP contribution is 2.38. The minimum absolute atomic E-state index is 0.150. The summed E-state index contributed by atoms with van der Waals surface area (Å²) in [5.41, 5.74) is 8.21. The zero-order chi connectivity index (χ0) is 21.2. The van der Waals surface area contributed by atoms with Crippen LogP contribution in [0.15, 0.2) is 66.6 Å². The van der Waals surface area contributed by atoms with E-state index in [2.05, 4.69) is 23.2 Å². The van der Waals surface area contributed by atoms with Crippen LogP contribution in [0.2, 0.25) is 5.02 Å². The molecule has 1 saturated heterocycles. The third-order valence-corrected chi connectivity index (χ3v) is 6.44. The van der Waals surface area contributed by atoms with Gasteiger partial charge in [-0.3, -0.25) is 14.8 Å². The van der Waals surface area contributed by atoms with Crippen molar-refractivity contribution in [2.75, 3.05) is 13.1 Å². The first kappa shape index (κ1) is 20.0. The van der Waals surface area contributed by atoms with Gasteiger partial charge in [-0.15, -0.1) is 0 Å². The van der Waals surface area contributed by atoms with Gasteiger partial charge in [0.25, 0.3) is 0 Å². The number of hydrogen-bond acceptors (Lipinski definition) is 3. The molecule has 1 aliphatic heterocycles. The summed E-state index contributed by atoms with van der Waals surface area (Å²) in [5, 5.41) is 0.763. The molecular formula is C26H24ClN3O. The number of nitrogens with zero attached hydrogens (tertiary/aromatic N) is 3.